The molecule has 1 heterocycles. The molecule has 0 saturated heterocycles. The van der Waals surface area contributed by atoms with Crippen LogP contribution in [0.2, 0.25) is 0 Å². The second-order valence-corrected chi connectivity index (χ2v) is 7.54. The van der Waals surface area contributed by atoms with Crippen LogP contribution in [0.5, 0.6) is 0 Å². The van der Waals surface area contributed by atoms with Crippen molar-refractivity contribution in [3.63, 3.8) is 0 Å². The molecule has 1 aromatic rings. The summed E-state index contributed by atoms with van der Waals surface area (Å²) in [4.78, 5) is 66.5. The maximum Gasteiger partial charge on any atom is 0.305 e. The Morgan fingerprint density at radius 2 is 1.75 bits per heavy atom. The van der Waals surface area contributed by atoms with Crippen LogP contribution in [0, 0.1) is 12.3 Å². The van der Waals surface area contributed by atoms with Crippen LogP contribution < -0.4 is 21.7 Å². The lowest BCUT2D eigenvalue weighted by molar-refractivity contribution is -0.141. The van der Waals surface area contributed by atoms with Crippen molar-refractivity contribution >= 4 is 29.6 Å². The van der Waals surface area contributed by atoms with E-state index in [9.17, 15) is 29.1 Å². The molecule has 0 aliphatic heterocycles. The van der Waals surface area contributed by atoms with Gasteiger partial charge in [0.05, 0.1) is 25.3 Å². The summed E-state index contributed by atoms with van der Waals surface area (Å²) < 4.78 is 0. The molecular formula is C19H29N6O7. The van der Waals surface area contributed by atoms with Gasteiger partial charge in [0.25, 0.3) is 0 Å². The van der Waals surface area contributed by atoms with Gasteiger partial charge in [-0.05, 0) is 12.8 Å². The van der Waals surface area contributed by atoms with Gasteiger partial charge in [0.15, 0.2) is 0 Å². The molecular weight excluding hydrogens is 424 g/mol. The number of aliphatic hydroxyl groups is 1. The average Bonchev–Trinajstić information content (AvgIpc) is 3.16. The number of H-pyrrole nitrogens is 1. The summed E-state index contributed by atoms with van der Waals surface area (Å²) in [6, 6.07) is -4.22. The SMILES string of the molecule is CC(C)[CH]C(=O)N[C@@H](Cc1cnc[nH]1)C(=O)N[C@H](C(=O)N[C@@H](CC(=O)O)C(N)=O)[C@@H](C)O. The average molecular weight is 453 g/mol. The summed E-state index contributed by atoms with van der Waals surface area (Å²) in [6.07, 6.45) is 2.05. The Hall–Kier alpha value is -3.48. The zero-order chi connectivity index (χ0) is 24.4. The number of aliphatic carboxylic acids is 1. The minimum Gasteiger partial charge on any atom is -0.481 e. The molecule has 0 aliphatic carbocycles. The van der Waals surface area contributed by atoms with Gasteiger partial charge in [-0.25, -0.2) is 4.98 Å². The fraction of sp³-hybridized carbons (Fsp3) is 0.526. The molecule has 1 radical (unpaired) electrons. The lowest BCUT2D eigenvalue weighted by atomic mass is 10.1. The number of carboxylic acids is 1. The third-order valence-corrected chi connectivity index (χ3v) is 4.20. The molecule has 0 spiro atoms. The van der Waals surface area contributed by atoms with E-state index < -0.39 is 60.2 Å². The normalized spacial score (nSPS) is 14.7. The number of aliphatic hydroxyl groups excluding tert-OH is 1. The minimum atomic E-state index is -1.55. The summed E-state index contributed by atoms with van der Waals surface area (Å²) in [5.41, 5.74) is 5.63. The van der Waals surface area contributed by atoms with E-state index in [-0.39, 0.29) is 12.3 Å². The monoisotopic (exact) mass is 453 g/mol. The van der Waals surface area contributed by atoms with Crippen molar-refractivity contribution in [1.82, 2.24) is 25.9 Å². The number of aromatic nitrogens is 2. The van der Waals surface area contributed by atoms with E-state index in [1.807, 2.05) is 0 Å². The van der Waals surface area contributed by atoms with Gasteiger partial charge in [0, 0.05) is 18.3 Å². The number of hydrogen-bond donors (Lipinski definition) is 7. The standard InChI is InChI=1S/C19H29N6O7/c1-9(2)4-14(27)23-13(5-11-7-21-8-22-11)18(31)25-16(10(3)26)19(32)24-12(17(20)30)6-15(28)29/h4,7-10,12-13,16,26H,5-6H2,1-3H3,(H2,20,30)(H,21,22)(H,23,27)(H,24,32)(H,25,31)(H,28,29)/t10-,12+,13+,16+/m1/s1. The highest BCUT2D eigenvalue weighted by atomic mass is 16.4. The highest BCUT2D eigenvalue weighted by Gasteiger charge is 2.32. The number of imidazole rings is 1. The van der Waals surface area contributed by atoms with E-state index in [0.29, 0.717) is 5.69 Å². The summed E-state index contributed by atoms with van der Waals surface area (Å²) in [5, 5.41) is 25.8. The molecule has 32 heavy (non-hydrogen) atoms. The van der Waals surface area contributed by atoms with Crippen molar-refractivity contribution in [2.45, 2.75) is 57.8 Å². The van der Waals surface area contributed by atoms with Gasteiger partial charge in [-0.1, -0.05) is 13.8 Å². The largest absolute Gasteiger partial charge is 0.481 e. The van der Waals surface area contributed by atoms with Gasteiger partial charge in [0.1, 0.15) is 18.1 Å². The Bertz CT molecular complexity index is 809. The number of primary amides is 1. The first kappa shape index (κ1) is 26.6. The Labute approximate surface area is 184 Å². The summed E-state index contributed by atoms with van der Waals surface area (Å²) in [7, 11) is 0. The Balaban J connectivity index is 2.97. The van der Waals surface area contributed by atoms with Gasteiger partial charge in [0.2, 0.25) is 23.6 Å². The van der Waals surface area contributed by atoms with Crippen molar-refractivity contribution in [3.8, 4) is 0 Å². The molecule has 0 aliphatic rings. The van der Waals surface area contributed by atoms with E-state index in [0.717, 1.165) is 0 Å². The highest BCUT2D eigenvalue weighted by molar-refractivity contribution is 5.96. The predicted octanol–water partition coefficient (Wildman–Crippen LogP) is -2.39. The van der Waals surface area contributed by atoms with Crippen molar-refractivity contribution in [2.75, 3.05) is 0 Å². The fourth-order valence-corrected chi connectivity index (χ4v) is 2.67. The van der Waals surface area contributed by atoms with Crippen molar-refractivity contribution in [2.24, 2.45) is 11.7 Å². The number of carboxylic acid groups (broad SMARTS) is 1. The van der Waals surface area contributed by atoms with Crippen molar-refractivity contribution in [1.29, 1.82) is 0 Å². The van der Waals surface area contributed by atoms with E-state index in [2.05, 4.69) is 25.9 Å². The number of amides is 4. The lowest BCUT2D eigenvalue weighted by Gasteiger charge is -2.26. The zero-order valence-corrected chi connectivity index (χ0v) is 18.0. The first-order valence-corrected chi connectivity index (χ1v) is 9.83. The molecule has 13 heteroatoms. The molecule has 0 fully saturated rings. The topological polar surface area (TPSA) is 217 Å². The fourth-order valence-electron chi connectivity index (χ4n) is 2.67. The molecule has 0 saturated carbocycles. The molecule has 177 valence electrons. The Morgan fingerprint density at radius 3 is 2.22 bits per heavy atom. The maximum absolute atomic E-state index is 12.9. The first-order valence-electron chi connectivity index (χ1n) is 9.83. The Kier molecular flexibility index (Phi) is 10.3. The molecule has 4 amide bonds. The molecule has 8 N–H and O–H groups in total. The summed E-state index contributed by atoms with van der Waals surface area (Å²) in [6.45, 7) is 4.78. The van der Waals surface area contributed by atoms with Crippen molar-refractivity contribution in [3.05, 3.63) is 24.6 Å². The molecule has 0 unspecified atom stereocenters. The Morgan fingerprint density at radius 1 is 1.09 bits per heavy atom. The van der Waals surface area contributed by atoms with E-state index in [1.54, 1.807) is 13.8 Å². The second kappa shape index (κ2) is 12.4. The number of hydrogen-bond acceptors (Lipinski definition) is 7. The van der Waals surface area contributed by atoms with E-state index in [4.69, 9.17) is 10.8 Å². The van der Waals surface area contributed by atoms with Gasteiger partial charge in [-0.2, -0.15) is 0 Å². The van der Waals surface area contributed by atoms with Crippen LogP contribution in [-0.4, -0.2) is 74.0 Å². The second-order valence-electron chi connectivity index (χ2n) is 7.54. The van der Waals surface area contributed by atoms with Gasteiger partial charge < -0.3 is 36.9 Å². The van der Waals surface area contributed by atoms with Gasteiger partial charge >= 0.3 is 5.97 Å². The number of nitrogens with zero attached hydrogens (tertiary/aromatic N) is 1. The third kappa shape index (κ3) is 9.12. The smallest absolute Gasteiger partial charge is 0.305 e. The number of carbonyl (C=O) groups is 5. The maximum atomic E-state index is 12.9. The third-order valence-electron chi connectivity index (χ3n) is 4.20. The van der Waals surface area contributed by atoms with Crippen LogP contribution in [0.4, 0.5) is 0 Å². The molecule has 1 aromatic heterocycles. The van der Waals surface area contributed by atoms with Crippen LogP contribution in [0.25, 0.3) is 0 Å². The predicted molar refractivity (Wildman–Crippen MR) is 110 cm³/mol. The van der Waals surface area contributed by atoms with Crippen LogP contribution in [-0.2, 0) is 30.4 Å². The number of rotatable bonds is 13. The van der Waals surface area contributed by atoms with Crippen molar-refractivity contribution < 1.29 is 34.2 Å². The minimum absolute atomic E-state index is 0.0145. The quantitative estimate of drug-likeness (QED) is 0.170. The lowest BCUT2D eigenvalue weighted by Crippen LogP contribution is -2.60. The molecule has 1 rings (SSSR count). The first-order chi connectivity index (χ1) is 14.9. The molecule has 13 nitrogen and oxygen atoms in total. The summed E-state index contributed by atoms with van der Waals surface area (Å²) >= 11 is 0. The molecule has 4 atom stereocenters. The molecule has 0 aromatic carbocycles. The number of aromatic amines is 1. The molecule has 0 bridgehead atoms. The van der Waals surface area contributed by atoms with Crippen LogP contribution in [0.15, 0.2) is 12.5 Å². The zero-order valence-electron chi connectivity index (χ0n) is 18.0. The van der Waals surface area contributed by atoms with Gasteiger partial charge in [-0.15, -0.1) is 0 Å². The van der Waals surface area contributed by atoms with Crippen LogP contribution in [0.1, 0.15) is 32.9 Å². The van der Waals surface area contributed by atoms with E-state index >= 15 is 0 Å². The van der Waals surface area contributed by atoms with Crippen LogP contribution >= 0.6 is 0 Å². The van der Waals surface area contributed by atoms with Gasteiger partial charge in [-0.3, -0.25) is 24.0 Å². The number of nitrogens with one attached hydrogen (secondary N) is 4. The summed E-state index contributed by atoms with van der Waals surface area (Å²) in [5.74, 6) is -4.87. The van der Waals surface area contributed by atoms with E-state index in [1.165, 1.54) is 25.9 Å². The number of nitrogens with two attached hydrogens (primary N) is 1. The highest BCUT2D eigenvalue weighted by Crippen LogP contribution is 2.04. The number of carbonyl (C=O) groups excluding carboxylic acids is 4. The van der Waals surface area contributed by atoms with Crippen LogP contribution in [0.3, 0.4) is 0 Å².